The van der Waals surface area contributed by atoms with Crippen molar-refractivity contribution in [3.05, 3.63) is 77.0 Å². The molecule has 0 radical (unpaired) electrons. The van der Waals surface area contributed by atoms with Crippen LogP contribution in [0.5, 0.6) is 17.4 Å². The van der Waals surface area contributed by atoms with Gasteiger partial charge in [0.25, 0.3) is 5.91 Å². The number of fused-ring (bicyclic) bond motifs is 1. The van der Waals surface area contributed by atoms with Crippen LogP contribution in [-0.2, 0) is 11.8 Å². The second-order valence-electron chi connectivity index (χ2n) is 8.04. The summed E-state index contributed by atoms with van der Waals surface area (Å²) in [4.78, 5) is 17.5. The minimum Gasteiger partial charge on any atom is -0.497 e. The fraction of sp³-hybridized carbons (Fsp3) is 0.269. The molecule has 0 spiro atoms. The van der Waals surface area contributed by atoms with E-state index in [4.69, 9.17) is 14.2 Å². The first-order chi connectivity index (χ1) is 16.4. The highest BCUT2D eigenvalue weighted by Crippen LogP contribution is 2.28. The van der Waals surface area contributed by atoms with E-state index in [1.54, 1.807) is 18.9 Å². The standard InChI is InChI=1S/C26H28N4O4/c1-16-14-17(2)27-25-23(16)26(29-30(25)3)34-15-22(31)28-24(18-6-10-20(32-4)11-7-18)19-8-12-21(33-5)13-9-19/h6-14,24H,15H2,1-5H3,(H,28,31). The average molecular weight is 461 g/mol. The number of rotatable bonds is 8. The normalized spacial score (nSPS) is 11.0. The molecule has 4 rings (SSSR count). The van der Waals surface area contributed by atoms with Gasteiger partial charge in [-0.2, -0.15) is 0 Å². The van der Waals surface area contributed by atoms with Crippen LogP contribution in [0.4, 0.5) is 0 Å². The van der Waals surface area contributed by atoms with Gasteiger partial charge in [0.15, 0.2) is 12.3 Å². The molecule has 0 aliphatic carbocycles. The van der Waals surface area contributed by atoms with Crippen LogP contribution in [0.2, 0.25) is 0 Å². The first kappa shape index (κ1) is 23.1. The van der Waals surface area contributed by atoms with E-state index < -0.39 is 0 Å². The molecule has 0 saturated carbocycles. The van der Waals surface area contributed by atoms with E-state index in [-0.39, 0.29) is 18.6 Å². The molecular formula is C26H28N4O4. The fourth-order valence-electron chi connectivity index (χ4n) is 3.94. The van der Waals surface area contributed by atoms with Gasteiger partial charge in [-0.15, -0.1) is 5.10 Å². The Hall–Kier alpha value is -4.07. The van der Waals surface area contributed by atoms with Gasteiger partial charge >= 0.3 is 0 Å². The van der Waals surface area contributed by atoms with Crippen molar-refractivity contribution in [3.8, 4) is 17.4 Å². The molecule has 8 heteroatoms. The van der Waals surface area contributed by atoms with E-state index in [0.717, 1.165) is 44.9 Å². The largest absolute Gasteiger partial charge is 0.497 e. The number of nitrogens with one attached hydrogen (secondary N) is 1. The highest BCUT2D eigenvalue weighted by Gasteiger charge is 2.20. The number of benzene rings is 2. The van der Waals surface area contributed by atoms with Crippen molar-refractivity contribution < 1.29 is 19.0 Å². The Bertz CT molecular complexity index is 1250. The van der Waals surface area contributed by atoms with E-state index in [2.05, 4.69) is 15.4 Å². The van der Waals surface area contributed by atoms with Crippen LogP contribution in [0.3, 0.4) is 0 Å². The Kier molecular flexibility index (Phi) is 6.67. The summed E-state index contributed by atoms with van der Waals surface area (Å²) in [6, 6.07) is 16.8. The first-order valence-electron chi connectivity index (χ1n) is 10.9. The molecule has 1 amide bonds. The third kappa shape index (κ3) is 4.80. The monoisotopic (exact) mass is 460 g/mol. The molecule has 2 heterocycles. The number of methoxy groups -OCH3 is 2. The Labute approximate surface area is 198 Å². The second-order valence-corrected chi connectivity index (χ2v) is 8.04. The molecule has 0 bridgehead atoms. The maximum atomic E-state index is 13.0. The third-order valence-corrected chi connectivity index (χ3v) is 5.63. The zero-order valence-electron chi connectivity index (χ0n) is 20.0. The number of ether oxygens (including phenoxy) is 3. The Morgan fingerprint density at radius 1 is 0.971 bits per heavy atom. The number of carbonyl (C=O) groups is 1. The summed E-state index contributed by atoms with van der Waals surface area (Å²) < 4.78 is 18.1. The Balaban J connectivity index is 1.55. The van der Waals surface area contributed by atoms with E-state index in [1.807, 2.05) is 75.5 Å². The number of carbonyl (C=O) groups excluding carboxylic acids is 1. The lowest BCUT2D eigenvalue weighted by molar-refractivity contribution is -0.123. The quantitative estimate of drug-likeness (QED) is 0.429. The molecule has 0 atom stereocenters. The van der Waals surface area contributed by atoms with Gasteiger partial charge in [-0.25, -0.2) is 9.67 Å². The third-order valence-electron chi connectivity index (χ3n) is 5.63. The van der Waals surface area contributed by atoms with E-state index in [9.17, 15) is 4.79 Å². The van der Waals surface area contributed by atoms with Gasteiger partial charge in [0.1, 0.15) is 11.5 Å². The van der Waals surface area contributed by atoms with E-state index >= 15 is 0 Å². The highest BCUT2D eigenvalue weighted by atomic mass is 16.5. The van der Waals surface area contributed by atoms with Gasteiger partial charge in [0, 0.05) is 12.7 Å². The smallest absolute Gasteiger partial charge is 0.258 e. The van der Waals surface area contributed by atoms with Gasteiger partial charge in [-0.05, 0) is 60.9 Å². The second kappa shape index (κ2) is 9.82. The minimum absolute atomic E-state index is 0.178. The van der Waals surface area contributed by atoms with Crippen molar-refractivity contribution in [1.82, 2.24) is 20.1 Å². The number of aromatic nitrogens is 3. The lowest BCUT2D eigenvalue weighted by atomic mass is 9.98. The van der Waals surface area contributed by atoms with Crippen LogP contribution < -0.4 is 19.5 Å². The molecule has 34 heavy (non-hydrogen) atoms. The van der Waals surface area contributed by atoms with Crippen LogP contribution in [0, 0.1) is 13.8 Å². The summed E-state index contributed by atoms with van der Waals surface area (Å²) in [6.45, 7) is 3.74. The Morgan fingerprint density at radius 2 is 1.53 bits per heavy atom. The summed E-state index contributed by atoms with van der Waals surface area (Å²) in [5.74, 6) is 1.61. The van der Waals surface area contributed by atoms with Crippen molar-refractivity contribution in [3.63, 3.8) is 0 Å². The van der Waals surface area contributed by atoms with Crippen molar-refractivity contribution in [1.29, 1.82) is 0 Å². The fourth-order valence-corrected chi connectivity index (χ4v) is 3.94. The topological polar surface area (TPSA) is 87.5 Å². The molecule has 0 aliphatic heterocycles. The van der Waals surface area contributed by atoms with Crippen LogP contribution in [-0.4, -0.2) is 41.5 Å². The van der Waals surface area contributed by atoms with E-state index in [0.29, 0.717) is 5.88 Å². The summed E-state index contributed by atoms with van der Waals surface area (Å²) in [5, 5.41) is 8.31. The summed E-state index contributed by atoms with van der Waals surface area (Å²) in [6.07, 6.45) is 0. The van der Waals surface area contributed by atoms with Gasteiger partial charge in [-0.3, -0.25) is 4.79 Å². The van der Waals surface area contributed by atoms with Gasteiger partial charge in [0.05, 0.1) is 25.6 Å². The molecule has 1 N–H and O–H groups in total. The van der Waals surface area contributed by atoms with Gasteiger partial charge in [0.2, 0.25) is 5.88 Å². The lowest BCUT2D eigenvalue weighted by Crippen LogP contribution is -2.33. The zero-order valence-corrected chi connectivity index (χ0v) is 20.0. The predicted molar refractivity (Wildman–Crippen MR) is 129 cm³/mol. The summed E-state index contributed by atoms with van der Waals surface area (Å²) in [7, 11) is 5.05. The summed E-state index contributed by atoms with van der Waals surface area (Å²) in [5.41, 5.74) is 4.46. The van der Waals surface area contributed by atoms with Gasteiger partial charge in [-0.1, -0.05) is 24.3 Å². The Morgan fingerprint density at radius 3 is 2.06 bits per heavy atom. The summed E-state index contributed by atoms with van der Waals surface area (Å²) >= 11 is 0. The molecule has 4 aromatic rings. The van der Waals surface area contributed by atoms with Crippen molar-refractivity contribution in [2.75, 3.05) is 20.8 Å². The lowest BCUT2D eigenvalue weighted by Gasteiger charge is -2.20. The molecule has 0 fully saturated rings. The molecule has 0 aliphatic rings. The molecule has 0 unspecified atom stereocenters. The number of hydrogen-bond donors (Lipinski definition) is 1. The average Bonchev–Trinajstić information content (AvgIpc) is 3.17. The maximum Gasteiger partial charge on any atom is 0.258 e. The molecule has 0 saturated heterocycles. The number of pyridine rings is 1. The number of amides is 1. The van der Waals surface area contributed by atoms with E-state index in [1.165, 1.54) is 0 Å². The van der Waals surface area contributed by atoms with Crippen molar-refractivity contribution in [2.24, 2.45) is 7.05 Å². The molecule has 2 aromatic heterocycles. The van der Waals surface area contributed by atoms with Crippen LogP contribution in [0.25, 0.3) is 11.0 Å². The number of aryl methyl sites for hydroxylation is 3. The zero-order chi connectivity index (χ0) is 24.2. The molecule has 176 valence electrons. The molecule has 8 nitrogen and oxygen atoms in total. The van der Waals surface area contributed by atoms with Crippen molar-refractivity contribution >= 4 is 16.9 Å². The van der Waals surface area contributed by atoms with Gasteiger partial charge < -0.3 is 19.5 Å². The highest BCUT2D eigenvalue weighted by molar-refractivity contribution is 5.86. The molecular weight excluding hydrogens is 432 g/mol. The number of hydrogen-bond acceptors (Lipinski definition) is 6. The maximum absolute atomic E-state index is 13.0. The van der Waals surface area contributed by atoms with Crippen LogP contribution >= 0.6 is 0 Å². The first-order valence-corrected chi connectivity index (χ1v) is 10.9. The SMILES string of the molecule is COc1ccc(C(NC(=O)COc2nn(C)c3nc(C)cc(C)c23)c2ccc(OC)cc2)cc1. The molecule has 2 aromatic carbocycles. The van der Waals surface area contributed by atoms with Crippen LogP contribution in [0.15, 0.2) is 54.6 Å². The predicted octanol–water partition coefficient (Wildman–Crippen LogP) is 3.89. The number of nitrogens with zero attached hydrogens (tertiary/aromatic N) is 3. The van der Waals surface area contributed by atoms with Crippen LogP contribution in [0.1, 0.15) is 28.4 Å². The van der Waals surface area contributed by atoms with Crippen molar-refractivity contribution in [2.45, 2.75) is 19.9 Å². The minimum atomic E-state index is -0.376.